The second-order valence-corrected chi connectivity index (χ2v) is 7.32. The summed E-state index contributed by atoms with van der Waals surface area (Å²) in [6.07, 6.45) is 5.40. The van der Waals surface area contributed by atoms with Gasteiger partial charge in [-0.1, -0.05) is 12.2 Å². The number of carbonyl (C=O) groups is 1. The molecule has 0 atom stereocenters. The first kappa shape index (κ1) is 20.5. The molecule has 6 heteroatoms. The molecule has 0 radical (unpaired) electrons. The third kappa shape index (κ3) is 4.42. The topological polar surface area (TPSA) is 63.0 Å². The SMILES string of the molecule is CN(C)c1ccc2c(=O)c3c(/C=C/CCCOC=O)cc(N(C)C)cc3oc2c1. The van der Waals surface area contributed by atoms with E-state index in [1.165, 1.54) is 0 Å². The monoisotopic (exact) mass is 394 g/mol. The molecule has 0 spiro atoms. The molecule has 0 aliphatic heterocycles. The number of benzene rings is 2. The van der Waals surface area contributed by atoms with Crippen molar-refractivity contribution in [3.8, 4) is 0 Å². The molecule has 0 amide bonds. The highest BCUT2D eigenvalue weighted by atomic mass is 16.5. The van der Waals surface area contributed by atoms with Crippen molar-refractivity contribution in [2.45, 2.75) is 12.8 Å². The van der Waals surface area contributed by atoms with Crippen LogP contribution in [-0.2, 0) is 9.53 Å². The standard InChI is InChI=1S/C23H26N2O4/c1-24(2)17-9-10-19-20(13-17)29-21-14-18(25(3)4)12-16(22(21)23(19)27)8-6-5-7-11-28-15-26/h6,8-10,12-15H,5,7,11H2,1-4H3/b8-6+. The molecule has 0 aliphatic carbocycles. The molecule has 2 aromatic carbocycles. The first-order valence-corrected chi connectivity index (χ1v) is 9.53. The lowest BCUT2D eigenvalue weighted by molar-refractivity contribution is -0.128. The Morgan fingerprint density at radius 2 is 1.72 bits per heavy atom. The largest absolute Gasteiger partial charge is 0.468 e. The number of hydrogen-bond acceptors (Lipinski definition) is 6. The molecule has 152 valence electrons. The Hall–Kier alpha value is -3.28. The zero-order chi connectivity index (χ0) is 21.0. The number of unbranched alkanes of at least 4 members (excludes halogenated alkanes) is 1. The number of nitrogens with zero attached hydrogens (tertiary/aromatic N) is 2. The lowest BCUT2D eigenvalue weighted by Crippen LogP contribution is -2.11. The number of hydrogen-bond donors (Lipinski definition) is 0. The van der Waals surface area contributed by atoms with Crippen LogP contribution in [0.2, 0.25) is 0 Å². The third-order valence-corrected chi connectivity index (χ3v) is 4.81. The summed E-state index contributed by atoms with van der Waals surface area (Å²) in [5.41, 5.74) is 3.84. The van der Waals surface area contributed by atoms with Crippen molar-refractivity contribution in [2.24, 2.45) is 0 Å². The third-order valence-electron chi connectivity index (χ3n) is 4.81. The maximum atomic E-state index is 13.3. The summed E-state index contributed by atoms with van der Waals surface area (Å²) in [4.78, 5) is 27.4. The zero-order valence-electron chi connectivity index (χ0n) is 17.3. The summed E-state index contributed by atoms with van der Waals surface area (Å²) in [7, 11) is 7.81. The maximum Gasteiger partial charge on any atom is 0.293 e. The van der Waals surface area contributed by atoms with Crippen LogP contribution < -0.4 is 15.2 Å². The molecule has 29 heavy (non-hydrogen) atoms. The van der Waals surface area contributed by atoms with Crippen LogP contribution in [0.25, 0.3) is 28.0 Å². The smallest absolute Gasteiger partial charge is 0.293 e. The van der Waals surface area contributed by atoms with Gasteiger partial charge in [0.25, 0.3) is 6.47 Å². The van der Waals surface area contributed by atoms with Crippen LogP contribution in [-0.4, -0.2) is 41.3 Å². The van der Waals surface area contributed by atoms with Crippen molar-refractivity contribution in [1.82, 2.24) is 0 Å². The molecule has 6 nitrogen and oxygen atoms in total. The van der Waals surface area contributed by atoms with Crippen LogP contribution in [0.5, 0.6) is 0 Å². The number of anilines is 2. The van der Waals surface area contributed by atoms with Gasteiger partial charge in [-0.05, 0) is 36.6 Å². The first-order valence-electron chi connectivity index (χ1n) is 9.53. The molecule has 0 fully saturated rings. The van der Waals surface area contributed by atoms with Crippen molar-refractivity contribution >= 4 is 45.9 Å². The minimum atomic E-state index is -0.0409. The fourth-order valence-corrected chi connectivity index (χ4v) is 3.19. The van der Waals surface area contributed by atoms with Crippen molar-refractivity contribution in [3.05, 3.63) is 52.2 Å². The molecule has 0 aliphatic rings. The van der Waals surface area contributed by atoms with E-state index >= 15 is 0 Å². The van der Waals surface area contributed by atoms with Gasteiger partial charge in [-0.2, -0.15) is 0 Å². The fraction of sp³-hybridized carbons (Fsp3) is 0.304. The Balaban J connectivity index is 2.13. The maximum absolute atomic E-state index is 13.3. The van der Waals surface area contributed by atoms with E-state index in [-0.39, 0.29) is 5.43 Å². The van der Waals surface area contributed by atoms with Gasteiger partial charge in [0, 0.05) is 51.7 Å². The van der Waals surface area contributed by atoms with Gasteiger partial charge in [-0.3, -0.25) is 9.59 Å². The lowest BCUT2D eigenvalue weighted by Gasteiger charge is -2.16. The number of allylic oxidation sites excluding steroid dienone is 1. The molecule has 3 aromatic rings. The molecule has 1 heterocycles. The van der Waals surface area contributed by atoms with Crippen molar-refractivity contribution in [1.29, 1.82) is 0 Å². The van der Waals surface area contributed by atoms with E-state index in [4.69, 9.17) is 9.15 Å². The Labute approximate surface area is 170 Å². The number of fused-ring (bicyclic) bond motifs is 2. The Morgan fingerprint density at radius 1 is 1.00 bits per heavy atom. The molecular formula is C23H26N2O4. The Morgan fingerprint density at radius 3 is 2.41 bits per heavy atom. The minimum absolute atomic E-state index is 0.0409. The summed E-state index contributed by atoms with van der Waals surface area (Å²) in [5, 5.41) is 1.14. The number of rotatable bonds is 8. The Kier molecular flexibility index (Phi) is 6.22. The highest BCUT2D eigenvalue weighted by Crippen LogP contribution is 2.29. The van der Waals surface area contributed by atoms with Crippen LogP contribution in [0, 0.1) is 0 Å². The minimum Gasteiger partial charge on any atom is -0.468 e. The average molecular weight is 394 g/mol. The predicted molar refractivity (Wildman–Crippen MR) is 119 cm³/mol. The first-order chi connectivity index (χ1) is 13.9. The van der Waals surface area contributed by atoms with Crippen LogP contribution in [0.1, 0.15) is 18.4 Å². The van der Waals surface area contributed by atoms with Crippen molar-refractivity contribution in [2.75, 3.05) is 44.6 Å². The van der Waals surface area contributed by atoms with Gasteiger partial charge in [0.1, 0.15) is 11.2 Å². The Bertz CT molecular complexity index is 1110. The van der Waals surface area contributed by atoms with Gasteiger partial charge < -0.3 is 19.0 Å². The van der Waals surface area contributed by atoms with E-state index in [0.29, 0.717) is 35.0 Å². The molecule has 3 rings (SSSR count). The summed E-state index contributed by atoms with van der Waals surface area (Å²) in [6.45, 7) is 0.836. The van der Waals surface area contributed by atoms with E-state index in [9.17, 15) is 9.59 Å². The molecule has 0 N–H and O–H groups in total. The van der Waals surface area contributed by atoms with Gasteiger partial charge in [-0.15, -0.1) is 0 Å². The van der Waals surface area contributed by atoms with E-state index in [1.807, 2.05) is 80.5 Å². The van der Waals surface area contributed by atoms with E-state index < -0.39 is 0 Å². The lowest BCUT2D eigenvalue weighted by atomic mass is 10.0. The highest BCUT2D eigenvalue weighted by molar-refractivity contribution is 5.97. The molecule has 1 aromatic heterocycles. The number of ether oxygens (including phenoxy) is 1. The second kappa shape index (κ2) is 8.82. The van der Waals surface area contributed by atoms with Crippen LogP contribution >= 0.6 is 0 Å². The van der Waals surface area contributed by atoms with Crippen LogP contribution in [0.3, 0.4) is 0 Å². The summed E-state index contributed by atoms with van der Waals surface area (Å²) in [5.74, 6) is 0. The molecular weight excluding hydrogens is 368 g/mol. The molecule has 0 bridgehead atoms. The van der Waals surface area contributed by atoms with Gasteiger partial charge in [0.2, 0.25) is 5.43 Å². The van der Waals surface area contributed by atoms with E-state index in [2.05, 4.69) is 0 Å². The van der Waals surface area contributed by atoms with E-state index in [0.717, 1.165) is 29.8 Å². The van der Waals surface area contributed by atoms with Gasteiger partial charge in [0.15, 0.2) is 0 Å². The molecule has 0 saturated heterocycles. The molecule has 0 saturated carbocycles. The molecule has 0 unspecified atom stereocenters. The number of carbonyl (C=O) groups excluding carboxylic acids is 1. The zero-order valence-corrected chi connectivity index (χ0v) is 17.3. The summed E-state index contributed by atoms with van der Waals surface area (Å²) >= 11 is 0. The van der Waals surface area contributed by atoms with E-state index in [1.54, 1.807) is 0 Å². The average Bonchev–Trinajstić information content (AvgIpc) is 2.69. The van der Waals surface area contributed by atoms with Gasteiger partial charge in [-0.25, -0.2) is 0 Å². The second-order valence-electron chi connectivity index (χ2n) is 7.32. The van der Waals surface area contributed by atoms with Gasteiger partial charge in [0.05, 0.1) is 17.4 Å². The highest BCUT2D eigenvalue weighted by Gasteiger charge is 2.14. The van der Waals surface area contributed by atoms with Crippen LogP contribution in [0.15, 0.2) is 45.6 Å². The fourth-order valence-electron chi connectivity index (χ4n) is 3.19. The van der Waals surface area contributed by atoms with Crippen molar-refractivity contribution < 1.29 is 13.9 Å². The summed E-state index contributed by atoms with van der Waals surface area (Å²) < 4.78 is 10.9. The normalized spacial score (nSPS) is 11.3. The summed E-state index contributed by atoms with van der Waals surface area (Å²) in [6, 6.07) is 9.51. The van der Waals surface area contributed by atoms with Gasteiger partial charge >= 0.3 is 0 Å². The predicted octanol–water partition coefficient (Wildman–Crippen LogP) is 4.04. The van der Waals surface area contributed by atoms with Crippen LogP contribution in [0.4, 0.5) is 11.4 Å². The van der Waals surface area contributed by atoms with Crippen molar-refractivity contribution in [3.63, 3.8) is 0 Å². The quantitative estimate of drug-likeness (QED) is 0.326.